The molecule has 0 aliphatic carbocycles. The molecule has 1 unspecified atom stereocenters. The summed E-state index contributed by atoms with van der Waals surface area (Å²) in [6.07, 6.45) is 0.980. The SMILES string of the molecule is COc1ccc(C2CCN(C(=O)COc3ccc4ccccc4c3)C2)cc1. The molecular formula is C23H23NO3. The third-order valence-electron chi connectivity index (χ3n) is 5.21. The zero-order chi connectivity index (χ0) is 18.6. The van der Waals surface area contributed by atoms with Gasteiger partial charge in [0.2, 0.25) is 0 Å². The van der Waals surface area contributed by atoms with E-state index in [1.807, 2.05) is 53.4 Å². The van der Waals surface area contributed by atoms with Gasteiger partial charge in [-0.1, -0.05) is 42.5 Å². The highest BCUT2D eigenvalue weighted by Gasteiger charge is 2.27. The Morgan fingerprint density at radius 3 is 2.52 bits per heavy atom. The number of likely N-dealkylation sites (tertiary alicyclic amines) is 1. The van der Waals surface area contributed by atoms with Crippen LogP contribution in [0.4, 0.5) is 0 Å². The Hall–Kier alpha value is -3.01. The van der Waals surface area contributed by atoms with E-state index in [1.165, 1.54) is 5.56 Å². The van der Waals surface area contributed by atoms with E-state index in [-0.39, 0.29) is 12.5 Å². The third-order valence-corrected chi connectivity index (χ3v) is 5.21. The summed E-state index contributed by atoms with van der Waals surface area (Å²) in [6.45, 7) is 1.59. The van der Waals surface area contributed by atoms with Gasteiger partial charge in [-0.2, -0.15) is 0 Å². The maximum Gasteiger partial charge on any atom is 0.260 e. The molecule has 0 radical (unpaired) electrons. The zero-order valence-corrected chi connectivity index (χ0v) is 15.4. The summed E-state index contributed by atoms with van der Waals surface area (Å²) in [4.78, 5) is 14.4. The minimum atomic E-state index is 0.0409. The first kappa shape index (κ1) is 17.4. The number of carbonyl (C=O) groups is 1. The molecule has 0 N–H and O–H groups in total. The largest absolute Gasteiger partial charge is 0.497 e. The fourth-order valence-corrected chi connectivity index (χ4v) is 3.63. The van der Waals surface area contributed by atoms with E-state index in [1.54, 1.807) is 7.11 Å². The maximum absolute atomic E-state index is 12.5. The van der Waals surface area contributed by atoms with Crippen molar-refractivity contribution in [3.8, 4) is 11.5 Å². The summed E-state index contributed by atoms with van der Waals surface area (Å²) >= 11 is 0. The first-order valence-electron chi connectivity index (χ1n) is 9.26. The average molecular weight is 361 g/mol. The van der Waals surface area contributed by atoms with Crippen LogP contribution in [0, 0.1) is 0 Å². The molecule has 1 atom stereocenters. The first-order chi connectivity index (χ1) is 13.2. The molecule has 1 aliphatic heterocycles. The Labute approximate surface area is 159 Å². The van der Waals surface area contributed by atoms with Crippen molar-refractivity contribution in [3.05, 3.63) is 72.3 Å². The summed E-state index contributed by atoms with van der Waals surface area (Å²) in [5.41, 5.74) is 1.25. The van der Waals surface area contributed by atoms with Crippen molar-refractivity contribution >= 4 is 16.7 Å². The van der Waals surface area contributed by atoms with Crippen LogP contribution in [0.15, 0.2) is 66.7 Å². The molecule has 0 spiro atoms. The molecule has 1 aliphatic rings. The smallest absolute Gasteiger partial charge is 0.260 e. The van der Waals surface area contributed by atoms with Crippen LogP contribution in [0.25, 0.3) is 10.8 Å². The monoisotopic (exact) mass is 361 g/mol. The van der Waals surface area contributed by atoms with Gasteiger partial charge in [0.1, 0.15) is 11.5 Å². The molecule has 4 nitrogen and oxygen atoms in total. The standard InChI is InChI=1S/C23H23NO3/c1-26-21-9-6-18(7-10-21)20-12-13-24(15-20)23(25)16-27-22-11-8-17-4-2-3-5-19(17)14-22/h2-11,14,20H,12-13,15-16H2,1H3. The Morgan fingerprint density at radius 2 is 1.74 bits per heavy atom. The molecule has 1 heterocycles. The normalized spacial score (nSPS) is 16.5. The van der Waals surface area contributed by atoms with Crippen molar-refractivity contribution in [2.75, 3.05) is 26.8 Å². The maximum atomic E-state index is 12.5. The number of amides is 1. The molecule has 1 saturated heterocycles. The zero-order valence-electron chi connectivity index (χ0n) is 15.4. The average Bonchev–Trinajstić information content (AvgIpc) is 3.22. The van der Waals surface area contributed by atoms with Gasteiger partial charge in [-0.05, 0) is 47.0 Å². The van der Waals surface area contributed by atoms with E-state index in [9.17, 15) is 4.79 Å². The van der Waals surface area contributed by atoms with Crippen molar-refractivity contribution in [1.82, 2.24) is 4.90 Å². The lowest BCUT2D eigenvalue weighted by molar-refractivity contribution is -0.132. The molecular weight excluding hydrogens is 338 g/mol. The van der Waals surface area contributed by atoms with Crippen LogP contribution in [0.1, 0.15) is 17.9 Å². The molecule has 0 aromatic heterocycles. The van der Waals surface area contributed by atoms with Gasteiger partial charge in [0.15, 0.2) is 6.61 Å². The third kappa shape index (κ3) is 3.90. The van der Waals surface area contributed by atoms with Crippen LogP contribution >= 0.6 is 0 Å². The predicted octanol–water partition coefficient (Wildman–Crippen LogP) is 4.24. The number of hydrogen-bond donors (Lipinski definition) is 0. The second kappa shape index (κ2) is 7.70. The number of hydrogen-bond acceptors (Lipinski definition) is 3. The number of methoxy groups -OCH3 is 1. The van der Waals surface area contributed by atoms with E-state index in [2.05, 4.69) is 18.2 Å². The quantitative estimate of drug-likeness (QED) is 0.682. The topological polar surface area (TPSA) is 38.8 Å². The van der Waals surface area contributed by atoms with Crippen molar-refractivity contribution in [3.63, 3.8) is 0 Å². The Morgan fingerprint density at radius 1 is 1.00 bits per heavy atom. The number of fused-ring (bicyclic) bond motifs is 1. The van der Waals surface area contributed by atoms with E-state index in [4.69, 9.17) is 9.47 Å². The minimum Gasteiger partial charge on any atom is -0.497 e. The fraction of sp³-hybridized carbons (Fsp3) is 0.261. The van der Waals surface area contributed by atoms with Crippen molar-refractivity contribution in [2.24, 2.45) is 0 Å². The highest BCUT2D eigenvalue weighted by Crippen LogP contribution is 2.28. The molecule has 3 aromatic carbocycles. The summed E-state index contributed by atoms with van der Waals surface area (Å²) in [5, 5.41) is 2.28. The second-order valence-electron chi connectivity index (χ2n) is 6.90. The van der Waals surface area contributed by atoms with Gasteiger partial charge in [-0.15, -0.1) is 0 Å². The van der Waals surface area contributed by atoms with Gasteiger partial charge < -0.3 is 14.4 Å². The van der Waals surface area contributed by atoms with Crippen LogP contribution < -0.4 is 9.47 Å². The number of rotatable bonds is 5. The molecule has 138 valence electrons. The van der Waals surface area contributed by atoms with Gasteiger partial charge in [-0.25, -0.2) is 0 Å². The molecule has 27 heavy (non-hydrogen) atoms. The highest BCUT2D eigenvalue weighted by atomic mass is 16.5. The van der Waals surface area contributed by atoms with Gasteiger partial charge in [0, 0.05) is 19.0 Å². The summed E-state index contributed by atoms with van der Waals surface area (Å²) < 4.78 is 11.0. The lowest BCUT2D eigenvalue weighted by Crippen LogP contribution is -2.32. The summed E-state index contributed by atoms with van der Waals surface area (Å²) in [7, 11) is 1.67. The van der Waals surface area contributed by atoms with Crippen molar-refractivity contribution in [1.29, 1.82) is 0 Å². The molecule has 1 amide bonds. The Bertz CT molecular complexity index is 936. The van der Waals surface area contributed by atoms with Gasteiger partial charge in [-0.3, -0.25) is 4.79 Å². The van der Waals surface area contributed by atoms with Crippen LogP contribution in [0.2, 0.25) is 0 Å². The van der Waals surface area contributed by atoms with Gasteiger partial charge in [0.05, 0.1) is 7.11 Å². The van der Waals surface area contributed by atoms with E-state index < -0.39 is 0 Å². The molecule has 4 heteroatoms. The number of ether oxygens (including phenoxy) is 2. The van der Waals surface area contributed by atoms with Gasteiger partial charge in [0.25, 0.3) is 5.91 Å². The lowest BCUT2D eigenvalue weighted by atomic mass is 9.98. The number of carbonyl (C=O) groups excluding carboxylic acids is 1. The summed E-state index contributed by atoms with van der Waals surface area (Å²) in [5.74, 6) is 2.00. The Kier molecular flexibility index (Phi) is 4.97. The Balaban J connectivity index is 1.34. The van der Waals surface area contributed by atoms with Crippen molar-refractivity contribution in [2.45, 2.75) is 12.3 Å². The predicted molar refractivity (Wildman–Crippen MR) is 106 cm³/mol. The number of benzene rings is 3. The van der Waals surface area contributed by atoms with Gasteiger partial charge >= 0.3 is 0 Å². The van der Waals surface area contributed by atoms with Crippen molar-refractivity contribution < 1.29 is 14.3 Å². The van der Waals surface area contributed by atoms with Crippen LogP contribution in [0.3, 0.4) is 0 Å². The first-order valence-corrected chi connectivity index (χ1v) is 9.26. The molecule has 3 aromatic rings. The lowest BCUT2D eigenvalue weighted by Gasteiger charge is -2.17. The minimum absolute atomic E-state index is 0.0409. The van der Waals surface area contributed by atoms with E-state index in [0.717, 1.165) is 41.8 Å². The molecule has 0 saturated carbocycles. The van der Waals surface area contributed by atoms with Crippen LogP contribution in [-0.2, 0) is 4.79 Å². The second-order valence-corrected chi connectivity index (χ2v) is 6.90. The molecule has 4 rings (SSSR count). The van der Waals surface area contributed by atoms with E-state index >= 15 is 0 Å². The number of nitrogens with zero attached hydrogens (tertiary/aromatic N) is 1. The molecule has 0 bridgehead atoms. The van der Waals surface area contributed by atoms with Crippen LogP contribution in [0.5, 0.6) is 11.5 Å². The van der Waals surface area contributed by atoms with Crippen LogP contribution in [-0.4, -0.2) is 37.6 Å². The highest BCUT2D eigenvalue weighted by molar-refractivity contribution is 5.84. The summed E-state index contributed by atoms with van der Waals surface area (Å²) in [6, 6.07) is 22.2. The fourth-order valence-electron chi connectivity index (χ4n) is 3.63. The van der Waals surface area contributed by atoms with E-state index in [0.29, 0.717) is 5.92 Å². The molecule has 1 fully saturated rings.